The Kier molecular flexibility index (Phi) is 15.2. The molecule has 302 valence electrons. The van der Waals surface area contributed by atoms with Crippen LogP contribution in [0.4, 0.5) is 0 Å². The number of aromatic nitrogens is 1. The van der Waals surface area contributed by atoms with E-state index in [-0.39, 0.29) is 73.2 Å². The van der Waals surface area contributed by atoms with Crippen molar-refractivity contribution in [2.75, 3.05) is 26.2 Å². The fourth-order valence-electron chi connectivity index (χ4n) is 6.62. The van der Waals surface area contributed by atoms with Crippen molar-refractivity contribution in [2.24, 2.45) is 22.2 Å². The second-order valence-corrected chi connectivity index (χ2v) is 13.7. The van der Waals surface area contributed by atoms with Crippen molar-refractivity contribution >= 4 is 63.3 Å². The number of carboxylic acid groups (broad SMARTS) is 1. The SMILES string of the molecule is C[C@@H](O)[C@H](NC(=O)c1cccc2c(=O)c3ccccc3[nH]c12)C(=O)N[C@@H](CCCCNCC(N)=O)C(=O)N1CCC[C@H]1C(=O)N[C@@H](CCCN=C(N)N)C(=O)O. The number of carbonyl (C=O) groups is 6. The molecule has 19 nitrogen and oxygen atoms in total. The summed E-state index contributed by atoms with van der Waals surface area (Å²) in [6.45, 7) is 1.92. The van der Waals surface area contributed by atoms with Crippen LogP contribution in [0.1, 0.15) is 62.2 Å². The number of rotatable bonds is 20. The number of carbonyl (C=O) groups excluding carboxylic acids is 5. The van der Waals surface area contributed by atoms with E-state index >= 15 is 0 Å². The van der Waals surface area contributed by atoms with E-state index in [1.165, 1.54) is 24.0 Å². The van der Waals surface area contributed by atoms with Gasteiger partial charge in [0.2, 0.25) is 23.6 Å². The molecular weight excluding hydrogens is 728 g/mol. The van der Waals surface area contributed by atoms with Gasteiger partial charge >= 0.3 is 5.97 Å². The van der Waals surface area contributed by atoms with Gasteiger partial charge in [-0.05, 0) is 82.7 Å². The third-order valence-electron chi connectivity index (χ3n) is 9.45. The zero-order valence-electron chi connectivity index (χ0n) is 31.1. The van der Waals surface area contributed by atoms with Gasteiger partial charge < -0.3 is 58.6 Å². The first-order valence-electron chi connectivity index (χ1n) is 18.4. The maximum absolute atomic E-state index is 14.1. The number of hydrogen-bond donors (Lipinski definition) is 10. The van der Waals surface area contributed by atoms with Crippen LogP contribution in [0.25, 0.3) is 21.8 Å². The minimum absolute atomic E-state index is 0.0267. The summed E-state index contributed by atoms with van der Waals surface area (Å²) in [5.74, 6) is -4.92. The lowest BCUT2D eigenvalue weighted by atomic mass is 10.0. The number of aromatic amines is 1. The normalized spacial score (nSPS) is 16.0. The molecule has 2 aromatic carbocycles. The lowest BCUT2D eigenvalue weighted by molar-refractivity contribution is -0.145. The molecule has 2 heterocycles. The summed E-state index contributed by atoms with van der Waals surface area (Å²) < 4.78 is 0. The second-order valence-electron chi connectivity index (χ2n) is 13.7. The van der Waals surface area contributed by atoms with Crippen LogP contribution in [-0.2, 0) is 24.0 Å². The molecular formula is C37H50N10O9. The molecule has 1 aromatic heterocycles. The summed E-state index contributed by atoms with van der Waals surface area (Å²) in [6, 6.07) is 6.29. The maximum Gasteiger partial charge on any atom is 0.326 e. The van der Waals surface area contributed by atoms with Crippen LogP contribution in [0, 0.1) is 0 Å². The van der Waals surface area contributed by atoms with Crippen LogP contribution in [0.2, 0.25) is 0 Å². The van der Waals surface area contributed by atoms with Crippen molar-refractivity contribution < 1.29 is 39.0 Å². The Labute approximate surface area is 321 Å². The molecule has 0 bridgehead atoms. The maximum atomic E-state index is 14.1. The van der Waals surface area contributed by atoms with Crippen molar-refractivity contribution in [2.45, 2.75) is 82.1 Å². The number of hydrogen-bond acceptors (Lipinski definition) is 10. The number of fused-ring (bicyclic) bond motifs is 2. The minimum atomic E-state index is -1.55. The van der Waals surface area contributed by atoms with Crippen LogP contribution in [-0.4, -0.2) is 118 Å². The largest absolute Gasteiger partial charge is 0.480 e. The molecule has 13 N–H and O–H groups in total. The molecule has 1 aliphatic rings. The van der Waals surface area contributed by atoms with Gasteiger partial charge in [-0.15, -0.1) is 0 Å². The van der Waals surface area contributed by atoms with Crippen molar-refractivity contribution in [3.8, 4) is 0 Å². The summed E-state index contributed by atoms with van der Waals surface area (Å²) >= 11 is 0. The molecule has 0 unspecified atom stereocenters. The predicted octanol–water partition coefficient (Wildman–Crippen LogP) is -1.50. The fraction of sp³-hybridized carbons (Fsp3) is 0.459. The molecule has 3 aromatic rings. The number of unbranched alkanes of at least 4 members (excludes halogenated alkanes) is 1. The van der Waals surface area contributed by atoms with E-state index in [1.54, 1.807) is 30.3 Å². The Morgan fingerprint density at radius 1 is 0.929 bits per heavy atom. The Bertz CT molecular complexity index is 2010. The first-order chi connectivity index (χ1) is 26.7. The molecule has 0 radical (unpaired) electrons. The summed E-state index contributed by atoms with van der Waals surface area (Å²) in [5, 5.41) is 31.7. The quantitative estimate of drug-likeness (QED) is 0.0271. The monoisotopic (exact) mass is 778 g/mol. The van der Waals surface area contributed by atoms with Crippen molar-refractivity contribution in [1.82, 2.24) is 31.2 Å². The Balaban J connectivity index is 1.53. The summed E-state index contributed by atoms with van der Waals surface area (Å²) in [5.41, 5.74) is 16.3. The number of para-hydroxylation sites is 2. The Morgan fingerprint density at radius 2 is 1.64 bits per heavy atom. The number of benzene rings is 2. The number of primary amides is 1. The highest BCUT2D eigenvalue weighted by Gasteiger charge is 2.39. The zero-order valence-corrected chi connectivity index (χ0v) is 31.1. The molecule has 1 saturated heterocycles. The summed E-state index contributed by atoms with van der Waals surface area (Å²) in [7, 11) is 0. The Hall–Kier alpha value is -6.08. The molecule has 0 aliphatic carbocycles. The molecule has 5 amide bonds. The molecule has 1 aliphatic heterocycles. The van der Waals surface area contributed by atoms with E-state index in [0.717, 1.165) is 0 Å². The first kappa shape index (κ1) is 42.7. The fourth-order valence-corrected chi connectivity index (χ4v) is 6.62. The van der Waals surface area contributed by atoms with E-state index in [1.807, 2.05) is 0 Å². The highest BCUT2D eigenvalue weighted by Crippen LogP contribution is 2.22. The van der Waals surface area contributed by atoms with Gasteiger partial charge in [0.1, 0.15) is 24.2 Å². The average molecular weight is 779 g/mol. The zero-order chi connectivity index (χ0) is 40.9. The molecule has 1 fully saturated rings. The van der Waals surface area contributed by atoms with E-state index in [4.69, 9.17) is 17.2 Å². The molecule has 4 rings (SSSR count). The highest BCUT2D eigenvalue weighted by atomic mass is 16.4. The van der Waals surface area contributed by atoms with Gasteiger partial charge in [0.15, 0.2) is 11.4 Å². The third-order valence-corrected chi connectivity index (χ3v) is 9.45. The van der Waals surface area contributed by atoms with Crippen molar-refractivity contribution in [3.05, 3.63) is 58.3 Å². The number of carboxylic acids is 1. The number of H-pyrrole nitrogens is 1. The lowest BCUT2D eigenvalue weighted by Gasteiger charge is -2.31. The van der Waals surface area contributed by atoms with Gasteiger partial charge in [-0.3, -0.25) is 33.8 Å². The summed E-state index contributed by atoms with van der Waals surface area (Å²) in [4.78, 5) is 99.6. The van der Waals surface area contributed by atoms with Crippen LogP contribution >= 0.6 is 0 Å². The van der Waals surface area contributed by atoms with Crippen LogP contribution in [0.3, 0.4) is 0 Å². The standard InChI is InChI=1S/C37H50N10O9/c1-20(48)29(46-32(51)23-11-6-10-22-30(23)43-24-12-3-2-9-21(24)31(22)50)34(53)44-25(13-4-5-16-41-19-28(38)49)35(54)47-18-8-15-27(47)33(52)45-26(36(55)56)14-7-17-42-37(39)40/h2-3,6,9-12,20,25-27,29,41,48H,4-5,7-8,13-19H2,1H3,(H2,38,49)(H,43,50)(H,44,53)(H,45,52)(H,46,51)(H,55,56)(H4,39,40,42)/t20-,25+,26+,27+,29+/m1/s1. The Morgan fingerprint density at radius 3 is 2.34 bits per heavy atom. The smallest absolute Gasteiger partial charge is 0.326 e. The van der Waals surface area contributed by atoms with Crippen molar-refractivity contribution in [1.29, 1.82) is 0 Å². The number of nitrogens with one attached hydrogen (secondary N) is 5. The predicted molar refractivity (Wildman–Crippen MR) is 207 cm³/mol. The molecule has 5 atom stereocenters. The van der Waals surface area contributed by atoms with Crippen molar-refractivity contribution in [3.63, 3.8) is 0 Å². The van der Waals surface area contributed by atoms with E-state index in [0.29, 0.717) is 36.7 Å². The molecule has 19 heteroatoms. The van der Waals surface area contributed by atoms with E-state index in [9.17, 15) is 43.8 Å². The molecule has 0 saturated carbocycles. The topological polar surface area (TPSA) is 318 Å². The first-order valence-corrected chi connectivity index (χ1v) is 18.4. The van der Waals surface area contributed by atoms with Crippen LogP contribution in [0.5, 0.6) is 0 Å². The van der Waals surface area contributed by atoms with E-state index < -0.39 is 65.8 Å². The number of pyridine rings is 1. The number of amides is 5. The summed E-state index contributed by atoms with van der Waals surface area (Å²) in [6.07, 6.45) is 0.444. The van der Waals surface area contributed by atoms with Crippen LogP contribution < -0.4 is 43.9 Å². The van der Waals surface area contributed by atoms with Gasteiger partial charge in [-0.1, -0.05) is 18.2 Å². The number of likely N-dealkylation sites (tertiary alicyclic amines) is 1. The molecule has 56 heavy (non-hydrogen) atoms. The van der Waals surface area contributed by atoms with Gasteiger partial charge in [0, 0.05) is 29.4 Å². The third kappa shape index (κ3) is 11.2. The van der Waals surface area contributed by atoms with Gasteiger partial charge in [-0.25, -0.2) is 4.79 Å². The average Bonchev–Trinajstić information content (AvgIpc) is 3.65. The number of aliphatic carboxylic acids is 1. The van der Waals surface area contributed by atoms with Gasteiger partial charge in [-0.2, -0.15) is 0 Å². The number of guanidine groups is 1. The number of nitrogens with two attached hydrogens (primary N) is 3. The second kappa shape index (κ2) is 20.0. The number of aliphatic hydroxyl groups is 1. The highest BCUT2D eigenvalue weighted by molar-refractivity contribution is 6.09. The number of aliphatic imine (C=N–C) groups is 1. The lowest BCUT2D eigenvalue weighted by Crippen LogP contribution is -2.59. The minimum Gasteiger partial charge on any atom is -0.480 e. The van der Waals surface area contributed by atoms with E-state index in [2.05, 4.69) is 31.2 Å². The molecule has 0 spiro atoms. The van der Waals surface area contributed by atoms with Gasteiger partial charge in [0.05, 0.1) is 23.7 Å². The van der Waals surface area contributed by atoms with Crippen LogP contribution in [0.15, 0.2) is 52.3 Å². The van der Waals surface area contributed by atoms with Gasteiger partial charge in [0.25, 0.3) is 5.91 Å². The number of aliphatic hydroxyl groups excluding tert-OH is 1. The number of nitrogens with zero attached hydrogens (tertiary/aromatic N) is 2.